The summed E-state index contributed by atoms with van der Waals surface area (Å²) >= 11 is 0. The number of nitrogens with one attached hydrogen (secondary N) is 1. The van der Waals surface area contributed by atoms with E-state index in [-0.39, 0.29) is 11.9 Å². The molecule has 1 aromatic heterocycles. The van der Waals surface area contributed by atoms with Crippen LogP contribution in [0.2, 0.25) is 0 Å². The molecule has 1 N–H and O–H groups in total. The van der Waals surface area contributed by atoms with Crippen LogP contribution in [-0.4, -0.2) is 27.3 Å². The number of aromatic amines is 1. The molecule has 1 amide bonds. The molecule has 1 aromatic carbocycles. The number of benzene rings is 1. The van der Waals surface area contributed by atoms with Gasteiger partial charge in [-0.1, -0.05) is 30.3 Å². The van der Waals surface area contributed by atoms with Crippen molar-refractivity contribution in [1.82, 2.24) is 14.9 Å². The maximum Gasteiger partial charge on any atom is 0.223 e. The van der Waals surface area contributed by atoms with E-state index < -0.39 is 0 Å². The van der Waals surface area contributed by atoms with E-state index in [0.717, 1.165) is 37.3 Å². The van der Waals surface area contributed by atoms with Crippen LogP contribution in [0.25, 0.3) is 0 Å². The van der Waals surface area contributed by atoms with E-state index in [1.165, 1.54) is 5.56 Å². The first-order chi connectivity index (χ1) is 10.2. The van der Waals surface area contributed by atoms with Gasteiger partial charge in [0, 0.05) is 24.9 Å². The largest absolute Gasteiger partial charge is 0.344 e. The molecule has 0 bridgehead atoms. The molecule has 1 saturated heterocycles. The summed E-state index contributed by atoms with van der Waals surface area (Å²) in [4.78, 5) is 22.2. The van der Waals surface area contributed by atoms with E-state index in [1.54, 1.807) is 0 Å². The fourth-order valence-corrected chi connectivity index (χ4v) is 2.99. The first-order valence-corrected chi connectivity index (χ1v) is 7.59. The van der Waals surface area contributed by atoms with Crippen molar-refractivity contribution in [3.05, 3.63) is 53.6 Å². The molecule has 21 heavy (non-hydrogen) atoms. The van der Waals surface area contributed by atoms with Crippen molar-refractivity contribution >= 4 is 5.91 Å². The SMILES string of the molecule is Cc1cnc([C@@H]2CCCN2C(=O)CCc2ccccc2)[nH]1. The molecule has 0 radical (unpaired) electrons. The van der Waals surface area contributed by atoms with Crippen LogP contribution in [0.3, 0.4) is 0 Å². The quantitative estimate of drug-likeness (QED) is 0.937. The average molecular weight is 283 g/mol. The summed E-state index contributed by atoms with van der Waals surface area (Å²) < 4.78 is 0. The number of H-pyrrole nitrogens is 1. The zero-order valence-corrected chi connectivity index (χ0v) is 12.4. The van der Waals surface area contributed by atoms with Crippen LogP contribution in [0.1, 0.15) is 42.4 Å². The summed E-state index contributed by atoms with van der Waals surface area (Å²) in [5.41, 5.74) is 2.27. The summed E-state index contributed by atoms with van der Waals surface area (Å²) in [5.74, 6) is 1.16. The first kappa shape index (κ1) is 13.9. The van der Waals surface area contributed by atoms with Gasteiger partial charge < -0.3 is 9.88 Å². The van der Waals surface area contributed by atoms with Crippen molar-refractivity contribution in [1.29, 1.82) is 0 Å². The van der Waals surface area contributed by atoms with E-state index in [2.05, 4.69) is 22.1 Å². The molecule has 110 valence electrons. The van der Waals surface area contributed by atoms with Gasteiger partial charge in [-0.3, -0.25) is 4.79 Å². The predicted octanol–water partition coefficient (Wildman–Crippen LogP) is 3.01. The number of amides is 1. The van der Waals surface area contributed by atoms with Gasteiger partial charge >= 0.3 is 0 Å². The highest BCUT2D eigenvalue weighted by molar-refractivity contribution is 5.77. The minimum Gasteiger partial charge on any atom is -0.344 e. The molecule has 1 aliphatic rings. The fraction of sp³-hybridized carbons (Fsp3) is 0.412. The van der Waals surface area contributed by atoms with Gasteiger partial charge in [0.15, 0.2) is 0 Å². The lowest BCUT2D eigenvalue weighted by molar-refractivity contribution is -0.132. The van der Waals surface area contributed by atoms with E-state index in [1.807, 2.05) is 36.2 Å². The van der Waals surface area contributed by atoms with Gasteiger partial charge in [-0.2, -0.15) is 0 Å². The van der Waals surface area contributed by atoms with Crippen LogP contribution in [0.5, 0.6) is 0 Å². The third kappa shape index (κ3) is 3.15. The van der Waals surface area contributed by atoms with Crippen LogP contribution in [0.15, 0.2) is 36.5 Å². The summed E-state index contributed by atoms with van der Waals surface area (Å²) in [5, 5.41) is 0. The summed E-state index contributed by atoms with van der Waals surface area (Å²) in [6.45, 7) is 2.84. The summed E-state index contributed by atoms with van der Waals surface area (Å²) in [7, 11) is 0. The Hall–Kier alpha value is -2.10. The van der Waals surface area contributed by atoms with Crippen LogP contribution < -0.4 is 0 Å². The lowest BCUT2D eigenvalue weighted by Crippen LogP contribution is -2.31. The van der Waals surface area contributed by atoms with Gasteiger partial charge in [0.05, 0.1) is 6.04 Å². The number of likely N-dealkylation sites (tertiary alicyclic amines) is 1. The van der Waals surface area contributed by atoms with Gasteiger partial charge in [-0.05, 0) is 31.7 Å². The van der Waals surface area contributed by atoms with E-state index in [4.69, 9.17) is 0 Å². The molecule has 0 aliphatic carbocycles. The molecular formula is C17H21N3O. The number of hydrogen-bond acceptors (Lipinski definition) is 2. The lowest BCUT2D eigenvalue weighted by atomic mass is 10.1. The molecule has 1 fully saturated rings. The molecule has 1 aliphatic heterocycles. The number of rotatable bonds is 4. The summed E-state index contributed by atoms with van der Waals surface area (Å²) in [6, 6.07) is 10.3. The standard InChI is InChI=1S/C17H21N3O/c1-13-12-18-17(19-13)15-8-5-11-20(15)16(21)10-9-14-6-3-2-4-7-14/h2-4,6-7,12,15H,5,8-11H2,1H3,(H,18,19)/t15-/m0/s1. The smallest absolute Gasteiger partial charge is 0.223 e. The summed E-state index contributed by atoms with van der Waals surface area (Å²) in [6.07, 6.45) is 5.27. The maximum absolute atomic E-state index is 12.5. The molecule has 4 nitrogen and oxygen atoms in total. The number of carbonyl (C=O) groups is 1. The van der Waals surface area contributed by atoms with Gasteiger partial charge in [-0.15, -0.1) is 0 Å². The molecule has 1 atom stereocenters. The van der Waals surface area contributed by atoms with Crippen LogP contribution in [0, 0.1) is 6.92 Å². The molecule has 2 heterocycles. The van der Waals surface area contributed by atoms with E-state index >= 15 is 0 Å². The van der Waals surface area contributed by atoms with Crippen molar-refractivity contribution < 1.29 is 4.79 Å². The number of nitrogens with zero attached hydrogens (tertiary/aromatic N) is 2. The molecule has 3 rings (SSSR count). The van der Waals surface area contributed by atoms with Crippen molar-refractivity contribution in [3.8, 4) is 0 Å². The van der Waals surface area contributed by atoms with Crippen molar-refractivity contribution in [3.63, 3.8) is 0 Å². The second-order valence-electron chi connectivity index (χ2n) is 5.68. The van der Waals surface area contributed by atoms with Crippen LogP contribution in [-0.2, 0) is 11.2 Å². The normalized spacial score (nSPS) is 18.1. The van der Waals surface area contributed by atoms with E-state index in [9.17, 15) is 4.79 Å². The van der Waals surface area contributed by atoms with Gasteiger partial charge in [-0.25, -0.2) is 4.98 Å². The number of hydrogen-bond donors (Lipinski definition) is 1. The minimum atomic E-state index is 0.127. The Bertz CT molecular complexity index is 606. The third-order valence-electron chi connectivity index (χ3n) is 4.08. The van der Waals surface area contributed by atoms with Gasteiger partial charge in [0.1, 0.15) is 5.82 Å². The topological polar surface area (TPSA) is 49.0 Å². The zero-order chi connectivity index (χ0) is 14.7. The third-order valence-corrected chi connectivity index (χ3v) is 4.08. The first-order valence-electron chi connectivity index (χ1n) is 7.59. The zero-order valence-electron chi connectivity index (χ0n) is 12.4. The lowest BCUT2D eigenvalue weighted by Gasteiger charge is -2.23. The van der Waals surface area contributed by atoms with Crippen molar-refractivity contribution in [2.24, 2.45) is 0 Å². The molecule has 0 unspecified atom stereocenters. The molecular weight excluding hydrogens is 262 g/mol. The number of carbonyl (C=O) groups excluding carboxylic acids is 1. The Morgan fingerprint density at radius 3 is 2.90 bits per heavy atom. The molecule has 2 aromatic rings. The Morgan fingerprint density at radius 2 is 2.19 bits per heavy atom. The molecule has 0 saturated carbocycles. The number of aromatic nitrogens is 2. The molecule has 4 heteroatoms. The Balaban J connectivity index is 1.63. The van der Waals surface area contributed by atoms with Crippen molar-refractivity contribution in [2.45, 2.75) is 38.6 Å². The predicted molar refractivity (Wildman–Crippen MR) is 81.8 cm³/mol. The Morgan fingerprint density at radius 1 is 1.38 bits per heavy atom. The minimum absolute atomic E-state index is 0.127. The second-order valence-corrected chi connectivity index (χ2v) is 5.68. The van der Waals surface area contributed by atoms with E-state index in [0.29, 0.717) is 6.42 Å². The monoisotopic (exact) mass is 283 g/mol. The Labute approximate surface area is 125 Å². The number of imidazole rings is 1. The van der Waals surface area contributed by atoms with Gasteiger partial charge in [0.25, 0.3) is 0 Å². The average Bonchev–Trinajstić information content (AvgIpc) is 3.14. The Kier molecular flexibility index (Phi) is 4.04. The molecule has 0 spiro atoms. The fourth-order valence-electron chi connectivity index (χ4n) is 2.99. The van der Waals surface area contributed by atoms with Crippen LogP contribution in [0.4, 0.5) is 0 Å². The maximum atomic E-state index is 12.5. The highest BCUT2D eigenvalue weighted by atomic mass is 16.2. The van der Waals surface area contributed by atoms with Gasteiger partial charge in [0.2, 0.25) is 5.91 Å². The number of aryl methyl sites for hydroxylation is 2. The highest BCUT2D eigenvalue weighted by Crippen LogP contribution is 2.30. The van der Waals surface area contributed by atoms with Crippen LogP contribution >= 0.6 is 0 Å². The van der Waals surface area contributed by atoms with Crippen molar-refractivity contribution in [2.75, 3.05) is 6.54 Å². The second kappa shape index (κ2) is 6.12. The highest BCUT2D eigenvalue weighted by Gasteiger charge is 2.31.